The van der Waals surface area contributed by atoms with Gasteiger partial charge in [-0.15, -0.1) is 0 Å². The van der Waals surface area contributed by atoms with Crippen LogP contribution in [0.1, 0.15) is 14.3 Å². The molecule has 7 heavy (non-hydrogen) atoms. The minimum atomic E-state index is -1.04. The molecule has 0 spiro atoms. The van der Waals surface area contributed by atoms with Crippen molar-refractivity contribution in [2.75, 3.05) is 0 Å². The average Bonchev–Trinajstić information content (AvgIpc) is 2.06. The van der Waals surface area contributed by atoms with E-state index in [1.807, 2.05) is 0 Å². The van der Waals surface area contributed by atoms with Crippen molar-refractivity contribution >= 4 is 7.12 Å². The average molecular weight is 126 g/mol. The Morgan fingerprint density at radius 1 is 1.43 bits per heavy atom. The topological polar surface area (TPSA) is 40.5 Å². The van der Waals surface area contributed by atoms with Crippen molar-refractivity contribution in [2.45, 2.75) is 18.7 Å². The predicted molar refractivity (Wildman–Crippen MR) is 24.3 cm³/mol. The Morgan fingerprint density at radius 2 is 1.86 bits per heavy atom. The molecule has 36 valence electrons. The van der Waals surface area contributed by atoms with Gasteiger partial charge in [0.1, 0.15) is 0 Å². The van der Waals surface area contributed by atoms with E-state index >= 15 is 0 Å². The van der Waals surface area contributed by atoms with Crippen LogP contribution in [0.3, 0.4) is 0 Å². The third-order valence-corrected chi connectivity index (χ3v) is 1.04. The van der Waals surface area contributed by atoms with Gasteiger partial charge in [-0.25, -0.2) is 0 Å². The van der Waals surface area contributed by atoms with E-state index in [0.717, 1.165) is 12.8 Å². The first-order valence-corrected chi connectivity index (χ1v) is 2.17. The summed E-state index contributed by atoms with van der Waals surface area (Å²) in [4.78, 5) is 0. The first-order chi connectivity index (χ1) is 2.80. The van der Waals surface area contributed by atoms with Crippen LogP contribution in [0.2, 0.25) is 5.82 Å². The van der Waals surface area contributed by atoms with Crippen LogP contribution in [0.25, 0.3) is 0 Å². The molecule has 0 bridgehead atoms. The zero-order chi connectivity index (χ0) is 4.57. The first-order valence-electron chi connectivity index (χ1n) is 2.17. The van der Waals surface area contributed by atoms with E-state index in [9.17, 15) is 0 Å². The van der Waals surface area contributed by atoms with Gasteiger partial charge in [-0.1, -0.05) is 12.8 Å². The molecule has 0 unspecified atom stereocenters. The van der Waals surface area contributed by atoms with Gasteiger partial charge in [0.15, 0.2) is 0 Å². The van der Waals surface area contributed by atoms with Crippen LogP contribution in [0, 0.1) is 0 Å². The quantitative estimate of drug-likeness (QED) is 0.362. The normalized spacial score (nSPS) is 18.0. The SMILES string of the molecule is OB(O)C1CC1.[H-].[K+]. The van der Waals surface area contributed by atoms with Crippen molar-refractivity contribution < 1.29 is 62.9 Å². The van der Waals surface area contributed by atoms with Gasteiger partial charge in [0.25, 0.3) is 0 Å². The summed E-state index contributed by atoms with van der Waals surface area (Å²) in [5, 5.41) is 16.5. The van der Waals surface area contributed by atoms with Crippen LogP contribution < -0.4 is 51.4 Å². The first kappa shape index (κ1) is 8.62. The molecule has 0 aromatic carbocycles. The standard InChI is InChI=1S/C3H7BO2.K.H/c5-4(6)3-1-2-3;;/h3,5-6H,1-2H2;;/q;+1;-1. The molecule has 2 N–H and O–H groups in total. The molecule has 1 aliphatic carbocycles. The second-order valence-corrected chi connectivity index (χ2v) is 1.75. The molecule has 0 aromatic heterocycles. The summed E-state index contributed by atoms with van der Waals surface area (Å²) in [5.41, 5.74) is 0. The zero-order valence-electron chi connectivity index (χ0n) is 5.46. The molecule has 0 aromatic rings. The second kappa shape index (κ2) is 3.61. The summed E-state index contributed by atoms with van der Waals surface area (Å²) in [5.74, 6) is 0.213. The van der Waals surface area contributed by atoms with Gasteiger partial charge in [0.2, 0.25) is 0 Å². The Bertz CT molecular complexity index is 59.2. The van der Waals surface area contributed by atoms with Gasteiger partial charge in [-0.3, -0.25) is 0 Å². The maximum absolute atomic E-state index is 8.25. The van der Waals surface area contributed by atoms with Crippen molar-refractivity contribution in [1.29, 1.82) is 0 Å². The molecule has 0 saturated heterocycles. The van der Waals surface area contributed by atoms with E-state index in [2.05, 4.69) is 0 Å². The molecule has 4 heteroatoms. The van der Waals surface area contributed by atoms with Crippen molar-refractivity contribution in [3.63, 3.8) is 0 Å². The molecule has 1 aliphatic rings. The molecule has 1 saturated carbocycles. The molecule has 1 fully saturated rings. The van der Waals surface area contributed by atoms with Crippen molar-refractivity contribution in [3.05, 3.63) is 0 Å². The Labute approximate surface area is 87.4 Å². The van der Waals surface area contributed by atoms with E-state index < -0.39 is 7.12 Å². The van der Waals surface area contributed by atoms with Crippen LogP contribution in [-0.4, -0.2) is 17.2 Å². The van der Waals surface area contributed by atoms with E-state index in [0.29, 0.717) is 0 Å². The van der Waals surface area contributed by atoms with E-state index in [-0.39, 0.29) is 58.6 Å². The van der Waals surface area contributed by atoms with Crippen molar-refractivity contribution in [2.24, 2.45) is 0 Å². The summed E-state index contributed by atoms with van der Waals surface area (Å²) in [6, 6.07) is 0. The largest absolute Gasteiger partial charge is 1.00 e. The molecular weight excluding hydrogens is 118 g/mol. The molecule has 0 heterocycles. The van der Waals surface area contributed by atoms with Gasteiger partial charge < -0.3 is 11.5 Å². The Balaban J connectivity index is 0. The summed E-state index contributed by atoms with van der Waals surface area (Å²) in [6.07, 6.45) is 2.00. The third-order valence-electron chi connectivity index (χ3n) is 1.04. The minimum absolute atomic E-state index is 0. The van der Waals surface area contributed by atoms with E-state index in [1.165, 1.54) is 0 Å². The van der Waals surface area contributed by atoms with Crippen LogP contribution in [0.5, 0.6) is 0 Å². The fourth-order valence-electron chi connectivity index (χ4n) is 0.394. The number of hydrogen-bond donors (Lipinski definition) is 2. The predicted octanol–water partition coefficient (Wildman–Crippen LogP) is -3.26. The van der Waals surface area contributed by atoms with Gasteiger partial charge in [0, 0.05) is 0 Å². The fourth-order valence-corrected chi connectivity index (χ4v) is 0.394. The Kier molecular flexibility index (Phi) is 4.45. The fraction of sp³-hybridized carbons (Fsp3) is 1.00. The maximum Gasteiger partial charge on any atom is 1.00 e. The monoisotopic (exact) mass is 126 g/mol. The van der Waals surface area contributed by atoms with Gasteiger partial charge in [-0.05, 0) is 5.82 Å². The molecular formula is C3H8BKO2. The molecule has 0 radical (unpaired) electrons. The number of rotatable bonds is 1. The summed E-state index contributed by atoms with van der Waals surface area (Å²) >= 11 is 0. The molecule has 0 amide bonds. The maximum atomic E-state index is 8.25. The van der Waals surface area contributed by atoms with Gasteiger partial charge in [0.05, 0.1) is 0 Å². The third kappa shape index (κ3) is 3.24. The van der Waals surface area contributed by atoms with Crippen molar-refractivity contribution in [1.82, 2.24) is 0 Å². The Morgan fingerprint density at radius 3 is 1.86 bits per heavy atom. The van der Waals surface area contributed by atoms with Crippen LogP contribution in [0.15, 0.2) is 0 Å². The second-order valence-electron chi connectivity index (χ2n) is 1.75. The van der Waals surface area contributed by atoms with Crippen LogP contribution in [-0.2, 0) is 0 Å². The molecule has 0 atom stereocenters. The molecule has 1 rings (SSSR count). The van der Waals surface area contributed by atoms with E-state index in [4.69, 9.17) is 10.0 Å². The van der Waals surface area contributed by atoms with Gasteiger partial charge >= 0.3 is 58.5 Å². The van der Waals surface area contributed by atoms with Crippen molar-refractivity contribution in [3.8, 4) is 0 Å². The van der Waals surface area contributed by atoms with E-state index in [1.54, 1.807) is 0 Å². The summed E-state index contributed by atoms with van der Waals surface area (Å²) in [6.45, 7) is 0. The summed E-state index contributed by atoms with van der Waals surface area (Å²) < 4.78 is 0. The molecule has 0 aliphatic heterocycles. The van der Waals surface area contributed by atoms with Crippen LogP contribution >= 0.6 is 0 Å². The molecule has 2 nitrogen and oxygen atoms in total. The van der Waals surface area contributed by atoms with Crippen LogP contribution in [0.4, 0.5) is 0 Å². The zero-order valence-corrected chi connectivity index (χ0v) is 7.59. The summed E-state index contributed by atoms with van der Waals surface area (Å²) in [7, 11) is -1.04. The van der Waals surface area contributed by atoms with Gasteiger partial charge in [-0.2, -0.15) is 0 Å². The smallest absolute Gasteiger partial charge is 1.00 e. The Hall–Kier alpha value is 1.62. The minimum Gasteiger partial charge on any atom is -1.00 e. The number of hydrogen-bond acceptors (Lipinski definition) is 2.